The molecular formula is C18H27N. The predicted octanol–water partition coefficient (Wildman–Crippen LogP) is 5.42. The molecule has 1 aromatic heterocycles. The van der Waals surface area contributed by atoms with Gasteiger partial charge in [-0.3, -0.25) is 0 Å². The predicted molar refractivity (Wildman–Crippen MR) is 84.4 cm³/mol. The fourth-order valence-electron chi connectivity index (χ4n) is 2.83. The summed E-state index contributed by atoms with van der Waals surface area (Å²) >= 11 is 0. The molecule has 0 aliphatic heterocycles. The highest BCUT2D eigenvalue weighted by Crippen LogP contribution is 2.27. The fraction of sp³-hybridized carbons (Fsp3) is 0.556. The molecule has 0 aliphatic carbocycles. The van der Waals surface area contributed by atoms with Gasteiger partial charge in [-0.25, -0.2) is 0 Å². The number of fused-ring (bicyclic) bond motifs is 1. The lowest BCUT2D eigenvalue weighted by atomic mass is 9.83. The zero-order valence-corrected chi connectivity index (χ0v) is 12.7. The van der Waals surface area contributed by atoms with Crippen molar-refractivity contribution >= 4 is 10.9 Å². The highest BCUT2D eigenvalue weighted by atomic mass is 14.7. The molecule has 1 nitrogen and oxygen atoms in total. The van der Waals surface area contributed by atoms with E-state index in [4.69, 9.17) is 0 Å². The summed E-state index contributed by atoms with van der Waals surface area (Å²) in [5, 5.41) is 1.40. The summed E-state index contributed by atoms with van der Waals surface area (Å²) in [7, 11) is 0. The zero-order valence-electron chi connectivity index (χ0n) is 12.7. The monoisotopic (exact) mass is 257 g/mol. The van der Waals surface area contributed by atoms with Crippen LogP contribution in [0.25, 0.3) is 10.9 Å². The van der Waals surface area contributed by atoms with Crippen LogP contribution >= 0.6 is 0 Å². The van der Waals surface area contributed by atoms with Crippen molar-refractivity contribution in [2.24, 2.45) is 17.8 Å². The van der Waals surface area contributed by atoms with Crippen LogP contribution in [0.5, 0.6) is 0 Å². The minimum Gasteiger partial charge on any atom is -0.361 e. The van der Waals surface area contributed by atoms with E-state index in [0.717, 1.165) is 17.8 Å². The molecule has 1 atom stereocenters. The summed E-state index contributed by atoms with van der Waals surface area (Å²) in [6, 6.07) is 8.84. The van der Waals surface area contributed by atoms with E-state index in [1.807, 2.05) is 6.20 Å². The number of benzene rings is 1. The Morgan fingerprint density at radius 3 is 2.47 bits per heavy atom. The van der Waals surface area contributed by atoms with Gasteiger partial charge in [-0.05, 0) is 48.3 Å². The molecule has 0 radical (unpaired) electrons. The first kappa shape index (κ1) is 14.2. The maximum absolute atomic E-state index is 3.31. The first-order valence-electron chi connectivity index (χ1n) is 7.63. The Morgan fingerprint density at radius 2 is 1.79 bits per heavy atom. The van der Waals surface area contributed by atoms with Gasteiger partial charge in [0.2, 0.25) is 0 Å². The molecule has 1 aromatic carbocycles. The van der Waals surface area contributed by atoms with Gasteiger partial charge in [0.1, 0.15) is 0 Å². The third kappa shape index (κ3) is 3.62. The van der Waals surface area contributed by atoms with Crippen LogP contribution in [0.4, 0.5) is 0 Å². The van der Waals surface area contributed by atoms with E-state index in [9.17, 15) is 0 Å². The van der Waals surface area contributed by atoms with E-state index in [-0.39, 0.29) is 0 Å². The minimum atomic E-state index is 0.757. The number of H-pyrrole nitrogens is 1. The first-order chi connectivity index (χ1) is 9.08. The summed E-state index contributed by atoms with van der Waals surface area (Å²) in [5.41, 5.74) is 2.77. The van der Waals surface area contributed by atoms with Crippen LogP contribution in [0.1, 0.15) is 46.1 Å². The van der Waals surface area contributed by atoms with Crippen molar-refractivity contribution < 1.29 is 0 Å². The second-order valence-corrected chi connectivity index (χ2v) is 6.54. The van der Waals surface area contributed by atoms with E-state index in [1.54, 1.807) is 0 Å². The molecule has 1 heteroatoms. The Morgan fingerprint density at radius 1 is 1.00 bits per heavy atom. The van der Waals surface area contributed by atoms with Crippen molar-refractivity contribution in [3.63, 3.8) is 0 Å². The normalized spacial score (nSPS) is 13.6. The molecule has 0 saturated carbocycles. The summed E-state index contributed by atoms with van der Waals surface area (Å²) in [5.74, 6) is 2.36. The average Bonchev–Trinajstić information content (AvgIpc) is 2.82. The van der Waals surface area contributed by atoms with Crippen molar-refractivity contribution in [1.29, 1.82) is 0 Å². The molecule has 0 fully saturated rings. The van der Waals surface area contributed by atoms with Gasteiger partial charge in [0.05, 0.1) is 0 Å². The Labute approximate surface area is 117 Å². The number of aromatic amines is 1. The third-order valence-electron chi connectivity index (χ3n) is 4.22. The average molecular weight is 257 g/mol. The van der Waals surface area contributed by atoms with E-state index < -0.39 is 0 Å². The molecule has 0 aliphatic rings. The number of rotatable bonds is 6. The van der Waals surface area contributed by atoms with Crippen LogP contribution < -0.4 is 0 Å². The molecule has 0 amide bonds. The molecular weight excluding hydrogens is 230 g/mol. The minimum absolute atomic E-state index is 0.757. The number of nitrogens with one attached hydrogen (secondary N) is 1. The molecule has 1 N–H and O–H groups in total. The van der Waals surface area contributed by atoms with Crippen molar-refractivity contribution in [2.75, 3.05) is 0 Å². The van der Waals surface area contributed by atoms with Crippen LogP contribution in [-0.4, -0.2) is 4.98 Å². The lowest BCUT2D eigenvalue weighted by Crippen LogP contribution is -2.13. The summed E-state index contributed by atoms with van der Waals surface area (Å²) < 4.78 is 0. The van der Waals surface area contributed by atoms with Crippen LogP contribution in [0.15, 0.2) is 30.5 Å². The summed E-state index contributed by atoms with van der Waals surface area (Å²) in [6.45, 7) is 9.37. The van der Waals surface area contributed by atoms with Gasteiger partial charge in [-0.2, -0.15) is 0 Å². The third-order valence-corrected chi connectivity index (χ3v) is 4.22. The summed E-state index contributed by atoms with van der Waals surface area (Å²) in [4.78, 5) is 3.31. The Bertz CT molecular complexity index is 507. The van der Waals surface area contributed by atoms with E-state index >= 15 is 0 Å². The SMILES string of the molecule is CC(C)CCC(Cc1cccc2[nH]ccc12)C(C)C. The molecule has 2 rings (SSSR count). The Kier molecular flexibility index (Phi) is 4.68. The highest BCUT2D eigenvalue weighted by Gasteiger charge is 2.16. The molecule has 0 bridgehead atoms. The van der Waals surface area contributed by atoms with E-state index in [2.05, 4.69) is 56.9 Å². The Balaban J connectivity index is 2.14. The van der Waals surface area contributed by atoms with Gasteiger partial charge >= 0.3 is 0 Å². The standard InChI is InChI=1S/C18H27N/c1-13(2)8-9-15(14(3)4)12-16-6-5-7-18-17(16)10-11-19-18/h5-7,10-11,13-15,19H,8-9,12H2,1-4H3. The van der Waals surface area contributed by atoms with Crippen LogP contribution in [0.3, 0.4) is 0 Å². The van der Waals surface area contributed by atoms with Gasteiger partial charge in [-0.1, -0.05) is 46.2 Å². The first-order valence-corrected chi connectivity index (χ1v) is 7.63. The van der Waals surface area contributed by atoms with Gasteiger partial charge in [0.25, 0.3) is 0 Å². The smallest absolute Gasteiger partial charge is 0.0456 e. The van der Waals surface area contributed by atoms with Crippen molar-refractivity contribution in [1.82, 2.24) is 4.98 Å². The van der Waals surface area contributed by atoms with Crippen molar-refractivity contribution in [3.05, 3.63) is 36.0 Å². The second kappa shape index (κ2) is 6.27. The maximum Gasteiger partial charge on any atom is 0.0456 e. The Hall–Kier alpha value is -1.24. The van der Waals surface area contributed by atoms with Gasteiger partial charge in [-0.15, -0.1) is 0 Å². The quantitative estimate of drug-likeness (QED) is 0.711. The van der Waals surface area contributed by atoms with E-state index in [0.29, 0.717) is 0 Å². The number of hydrogen-bond acceptors (Lipinski definition) is 0. The molecule has 19 heavy (non-hydrogen) atoms. The topological polar surface area (TPSA) is 15.8 Å². The van der Waals surface area contributed by atoms with E-state index in [1.165, 1.54) is 35.7 Å². The molecule has 1 unspecified atom stereocenters. The van der Waals surface area contributed by atoms with Crippen molar-refractivity contribution in [3.8, 4) is 0 Å². The second-order valence-electron chi connectivity index (χ2n) is 6.54. The molecule has 0 saturated heterocycles. The lowest BCUT2D eigenvalue weighted by Gasteiger charge is -2.22. The molecule has 0 spiro atoms. The van der Waals surface area contributed by atoms with Gasteiger partial charge in [0, 0.05) is 17.1 Å². The molecule has 104 valence electrons. The van der Waals surface area contributed by atoms with Crippen LogP contribution in [0, 0.1) is 17.8 Å². The largest absolute Gasteiger partial charge is 0.361 e. The van der Waals surface area contributed by atoms with Crippen LogP contribution in [-0.2, 0) is 6.42 Å². The highest BCUT2D eigenvalue weighted by molar-refractivity contribution is 5.82. The maximum atomic E-state index is 3.31. The zero-order chi connectivity index (χ0) is 13.8. The van der Waals surface area contributed by atoms with Gasteiger partial charge < -0.3 is 4.98 Å². The van der Waals surface area contributed by atoms with Gasteiger partial charge in [0.15, 0.2) is 0 Å². The molecule has 1 heterocycles. The van der Waals surface area contributed by atoms with Crippen LogP contribution in [0.2, 0.25) is 0 Å². The molecule has 2 aromatic rings. The number of hydrogen-bond donors (Lipinski definition) is 1. The fourth-order valence-corrected chi connectivity index (χ4v) is 2.83. The lowest BCUT2D eigenvalue weighted by molar-refractivity contribution is 0.330. The number of aromatic nitrogens is 1. The van der Waals surface area contributed by atoms with Crippen molar-refractivity contribution in [2.45, 2.75) is 47.0 Å². The summed E-state index contributed by atoms with van der Waals surface area (Å²) in [6.07, 6.45) is 5.94.